The highest BCUT2D eigenvalue weighted by Crippen LogP contribution is 2.12. The fraction of sp³-hybridized carbons (Fsp3) is 0.538. The lowest BCUT2D eigenvalue weighted by atomic mass is 10.4. The molecular formula is C13H20N4S. The van der Waals surface area contributed by atoms with Gasteiger partial charge in [-0.2, -0.15) is 0 Å². The van der Waals surface area contributed by atoms with E-state index in [0.29, 0.717) is 6.04 Å². The van der Waals surface area contributed by atoms with E-state index in [0.717, 1.165) is 31.0 Å². The van der Waals surface area contributed by atoms with E-state index in [1.807, 2.05) is 12.4 Å². The van der Waals surface area contributed by atoms with Gasteiger partial charge in [-0.25, -0.2) is 9.97 Å². The van der Waals surface area contributed by atoms with Crippen molar-refractivity contribution >= 4 is 11.3 Å². The van der Waals surface area contributed by atoms with Crippen LogP contribution in [0, 0.1) is 0 Å². The summed E-state index contributed by atoms with van der Waals surface area (Å²) in [4.78, 5) is 8.98. The molecule has 0 spiro atoms. The van der Waals surface area contributed by atoms with Crippen LogP contribution in [0.25, 0.3) is 0 Å². The highest BCUT2D eigenvalue weighted by atomic mass is 32.1. The smallest absolute Gasteiger partial charge is 0.123 e. The molecule has 0 aliphatic carbocycles. The molecule has 1 N–H and O–H groups in total. The molecule has 0 unspecified atom stereocenters. The molecule has 0 atom stereocenters. The summed E-state index contributed by atoms with van der Waals surface area (Å²) in [5, 5.41) is 6.73. The molecule has 2 aromatic heterocycles. The summed E-state index contributed by atoms with van der Waals surface area (Å²) >= 11 is 1.74. The number of aryl methyl sites for hydroxylation is 1. The summed E-state index contributed by atoms with van der Waals surface area (Å²) < 4.78 is 2.16. The standard InChI is InChI=1S/C13H20N4S/c1-4-13-16-11(9-18-13)8-17-6-5-14-12(17)7-15-10(2)3/h5-6,9-10,15H,4,7-8H2,1-3H3. The first kappa shape index (κ1) is 13.2. The minimum Gasteiger partial charge on any atom is -0.328 e. The molecule has 0 bridgehead atoms. The Morgan fingerprint density at radius 3 is 2.94 bits per heavy atom. The average Bonchev–Trinajstić information content (AvgIpc) is 2.96. The second-order valence-electron chi connectivity index (χ2n) is 4.59. The van der Waals surface area contributed by atoms with Gasteiger partial charge in [0.1, 0.15) is 5.82 Å². The van der Waals surface area contributed by atoms with E-state index >= 15 is 0 Å². The Labute approximate surface area is 112 Å². The van der Waals surface area contributed by atoms with Crippen LogP contribution in [0.5, 0.6) is 0 Å². The molecular weight excluding hydrogens is 244 g/mol. The third kappa shape index (κ3) is 3.40. The van der Waals surface area contributed by atoms with Gasteiger partial charge in [0.05, 0.1) is 23.8 Å². The third-order valence-corrected chi connectivity index (χ3v) is 3.75. The molecule has 0 aliphatic rings. The molecule has 2 rings (SSSR count). The van der Waals surface area contributed by atoms with E-state index in [2.05, 4.69) is 46.0 Å². The first-order valence-electron chi connectivity index (χ1n) is 6.35. The number of rotatable bonds is 6. The van der Waals surface area contributed by atoms with E-state index in [-0.39, 0.29) is 0 Å². The lowest BCUT2D eigenvalue weighted by molar-refractivity contribution is 0.553. The van der Waals surface area contributed by atoms with E-state index in [9.17, 15) is 0 Å². The number of thiazole rings is 1. The van der Waals surface area contributed by atoms with Gasteiger partial charge in [0.2, 0.25) is 0 Å². The Morgan fingerprint density at radius 1 is 1.44 bits per heavy atom. The minimum atomic E-state index is 0.473. The van der Waals surface area contributed by atoms with Crippen LogP contribution < -0.4 is 5.32 Å². The minimum absolute atomic E-state index is 0.473. The first-order valence-corrected chi connectivity index (χ1v) is 7.23. The van der Waals surface area contributed by atoms with Crippen LogP contribution in [0.15, 0.2) is 17.8 Å². The highest BCUT2D eigenvalue weighted by molar-refractivity contribution is 7.09. The van der Waals surface area contributed by atoms with Crippen LogP contribution in [-0.4, -0.2) is 20.6 Å². The SMILES string of the molecule is CCc1nc(Cn2ccnc2CNC(C)C)cs1. The average molecular weight is 264 g/mol. The van der Waals surface area contributed by atoms with Gasteiger partial charge in [-0.1, -0.05) is 20.8 Å². The van der Waals surface area contributed by atoms with Crippen molar-refractivity contribution in [3.8, 4) is 0 Å². The van der Waals surface area contributed by atoms with Crippen molar-refractivity contribution in [3.63, 3.8) is 0 Å². The lowest BCUT2D eigenvalue weighted by Gasteiger charge is -2.09. The van der Waals surface area contributed by atoms with Crippen LogP contribution in [0.2, 0.25) is 0 Å². The van der Waals surface area contributed by atoms with Gasteiger partial charge in [0.25, 0.3) is 0 Å². The van der Waals surface area contributed by atoms with Gasteiger partial charge in [-0.3, -0.25) is 0 Å². The van der Waals surface area contributed by atoms with Gasteiger partial charge < -0.3 is 9.88 Å². The van der Waals surface area contributed by atoms with Crippen molar-refractivity contribution in [1.29, 1.82) is 0 Å². The number of hydrogen-bond acceptors (Lipinski definition) is 4. The van der Waals surface area contributed by atoms with Crippen LogP contribution in [0.1, 0.15) is 37.3 Å². The molecule has 0 saturated heterocycles. The Morgan fingerprint density at radius 2 is 2.28 bits per heavy atom. The summed E-state index contributed by atoms with van der Waals surface area (Å²) in [7, 11) is 0. The fourth-order valence-corrected chi connectivity index (χ4v) is 2.44. The molecule has 2 heterocycles. The Bertz CT molecular complexity index is 487. The van der Waals surface area contributed by atoms with Crippen molar-refractivity contribution < 1.29 is 0 Å². The van der Waals surface area contributed by atoms with Crippen LogP contribution in [0.3, 0.4) is 0 Å². The summed E-state index contributed by atoms with van der Waals surface area (Å²) in [5.74, 6) is 1.06. The number of aromatic nitrogens is 3. The number of nitrogens with zero attached hydrogens (tertiary/aromatic N) is 3. The second-order valence-corrected chi connectivity index (χ2v) is 5.54. The van der Waals surface area contributed by atoms with E-state index in [4.69, 9.17) is 0 Å². The molecule has 0 aromatic carbocycles. The second kappa shape index (κ2) is 6.11. The zero-order valence-corrected chi connectivity index (χ0v) is 12.0. The molecule has 98 valence electrons. The predicted molar refractivity (Wildman–Crippen MR) is 74.8 cm³/mol. The maximum Gasteiger partial charge on any atom is 0.123 e. The maximum absolute atomic E-state index is 4.59. The molecule has 0 aliphatic heterocycles. The first-order chi connectivity index (χ1) is 8.69. The molecule has 0 amide bonds. The van der Waals surface area contributed by atoms with Gasteiger partial charge in [0, 0.05) is 23.8 Å². The molecule has 0 saturated carbocycles. The summed E-state index contributed by atoms with van der Waals surface area (Å²) in [6.07, 6.45) is 4.88. The van der Waals surface area contributed by atoms with Gasteiger partial charge in [0.15, 0.2) is 0 Å². The van der Waals surface area contributed by atoms with Gasteiger partial charge >= 0.3 is 0 Å². The summed E-state index contributed by atoms with van der Waals surface area (Å²) in [6, 6.07) is 0.473. The Hall–Kier alpha value is -1.20. The Balaban J connectivity index is 2.02. The number of nitrogens with one attached hydrogen (secondary N) is 1. The molecule has 0 radical (unpaired) electrons. The fourth-order valence-electron chi connectivity index (χ4n) is 1.71. The molecule has 0 fully saturated rings. The molecule has 18 heavy (non-hydrogen) atoms. The Kier molecular flexibility index (Phi) is 4.49. The highest BCUT2D eigenvalue weighted by Gasteiger charge is 2.06. The zero-order chi connectivity index (χ0) is 13.0. The van der Waals surface area contributed by atoms with Gasteiger partial charge in [-0.05, 0) is 6.42 Å². The van der Waals surface area contributed by atoms with Crippen molar-refractivity contribution in [3.05, 3.63) is 34.3 Å². The quantitative estimate of drug-likeness (QED) is 0.871. The normalized spacial score (nSPS) is 11.3. The van der Waals surface area contributed by atoms with Crippen LogP contribution in [0.4, 0.5) is 0 Å². The van der Waals surface area contributed by atoms with Crippen LogP contribution >= 0.6 is 11.3 Å². The lowest BCUT2D eigenvalue weighted by Crippen LogP contribution is -2.24. The van der Waals surface area contributed by atoms with Crippen molar-refractivity contribution in [2.75, 3.05) is 0 Å². The van der Waals surface area contributed by atoms with Crippen molar-refractivity contribution in [1.82, 2.24) is 19.9 Å². The number of imidazole rings is 1. The zero-order valence-electron chi connectivity index (χ0n) is 11.2. The summed E-state index contributed by atoms with van der Waals surface area (Å²) in [6.45, 7) is 8.03. The largest absolute Gasteiger partial charge is 0.328 e. The van der Waals surface area contributed by atoms with Crippen molar-refractivity contribution in [2.24, 2.45) is 0 Å². The summed E-state index contributed by atoms with van der Waals surface area (Å²) in [5.41, 5.74) is 1.13. The maximum atomic E-state index is 4.59. The van der Waals surface area contributed by atoms with Gasteiger partial charge in [-0.15, -0.1) is 11.3 Å². The van der Waals surface area contributed by atoms with Crippen LogP contribution in [-0.2, 0) is 19.5 Å². The molecule has 5 heteroatoms. The molecule has 4 nitrogen and oxygen atoms in total. The third-order valence-electron chi connectivity index (χ3n) is 2.70. The number of hydrogen-bond donors (Lipinski definition) is 1. The topological polar surface area (TPSA) is 42.7 Å². The predicted octanol–water partition coefficient (Wildman–Crippen LogP) is 2.45. The van der Waals surface area contributed by atoms with Crippen molar-refractivity contribution in [2.45, 2.75) is 46.3 Å². The molecule has 2 aromatic rings. The van der Waals surface area contributed by atoms with E-state index < -0.39 is 0 Å². The van der Waals surface area contributed by atoms with E-state index in [1.165, 1.54) is 5.01 Å². The monoisotopic (exact) mass is 264 g/mol. The van der Waals surface area contributed by atoms with E-state index in [1.54, 1.807) is 11.3 Å².